The first-order chi connectivity index (χ1) is 8.11. The molecule has 2 heterocycles. The Bertz CT molecular complexity index is 323. The second-order valence-corrected chi connectivity index (χ2v) is 3.80. The van der Waals surface area contributed by atoms with Crippen molar-refractivity contribution in [3.63, 3.8) is 0 Å². The number of carbonyl (C=O) groups is 1. The summed E-state index contributed by atoms with van der Waals surface area (Å²) in [4.78, 5) is 25.6. The highest BCUT2D eigenvalue weighted by Crippen LogP contribution is 2.28. The van der Waals surface area contributed by atoms with Crippen molar-refractivity contribution in [3.8, 4) is 0 Å². The third-order valence-corrected chi connectivity index (χ3v) is 2.72. The average Bonchev–Trinajstić information content (AvgIpc) is 2.83. The molecule has 2 saturated heterocycles. The van der Waals surface area contributed by atoms with E-state index in [0.717, 1.165) is 0 Å². The molecule has 2 aliphatic heterocycles. The summed E-state index contributed by atoms with van der Waals surface area (Å²) in [5.41, 5.74) is 0. The van der Waals surface area contributed by atoms with Gasteiger partial charge in [0.05, 0.1) is 19.3 Å². The van der Waals surface area contributed by atoms with Gasteiger partial charge in [0.1, 0.15) is 18.8 Å². The van der Waals surface area contributed by atoms with Crippen LogP contribution in [0.4, 0.5) is 0 Å². The zero-order valence-electron chi connectivity index (χ0n) is 8.77. The molecule has 0 spiro atoms. The van der Waals surface area contributed by atoms with Crippen LogP contribution in [0.3, 0.4) is 0 Å². The van der Waals surface area contributed by atoms with Gasteiger partial charge in [-0.1, -0.05) is 0 Å². The van der Waals surface area contributed by atoms with Crippen LogP contribution in [0, 0.1) is 10.1 Å². The Labute approximate surface area is 95.7 Å². The van der Waals surface area contributed by atoms with Crippen LogP contribution in [0.1, 0.15) is 0 Å². The molecule has 2 fully saturated rings. The Morgan fingerprint density at radius 2 is 2.18 bits per heavy atom. The first-order valence-corrected chi connectivity index (χ1v) is 5.06. The zero-order valence-corrected chi connectivity index (χ0v) is 8.77. The normalized spacial score (nSPS) is 35.4. The van der Waals surface area contributed by atoms with Crippen molar-refractivity contribution < 1.29 is 29.3 Å². The molecule has 0 bridgehead atoms. The highest BCUT2D eigenvalue weighted by Gasteiger charge is 2.49. The van der Waals surface area contributed by atoms with Gasteiger partial charge in [-0.3, -0.25) is 4.79 Å². The molecule has 2 rings (SSSR count). The van der Waals surface area contributed by atoms with Crippen LogP contribution in [0.2, 0.25) is 0 Å². The van der Waals surface area contributed by atoms with Crippen LogP contribution in [0.5, 0.6) is 0 Å². The van der Waals surface area contributed by atoms with E-state index in [9.17, 15) is 14.9 Å². The number of fused-ring (bicyclic) bond motifs is 1. The molecule has 17 heavy (non-hydrogen) atoms. The summed E-state index contributed by atoms with van der Waals surface area (Å²) >= 11 is 0. The van der Waals surface area contributed by atoms with Crippen molar-refractivity contribution in [1.29, 1.82) is 0 Å². The van der Waals surface area contributed by atoms with Gasteiger partial charge in [-0.25, -0.2) is 0 Å². The smallest absolute Gasteiger partial charge is 0.294 e. The van der Waals surface area contributed by atoms with E-state index in [2.05, 4.69) is 10.2 Å². The topological polar surface area (TPSA) is 120 Å². The summed E-state index contributed by atoms with van der Waals surface area (Å²) in [6.45, 7) is -0.400. The van der Waals surface area contributed by atoms with E-state index in [4.69, 9.17) is 14.6 Å². The van der Waals surface area contributed by atoms with Crippen molar-refractivity contribution in [2.24, 2.45) is 0 Å². The van der Waals surface area contributed by atoms with Gasteiger partial charge in [-0.2, -0.15) is 0 Å². The summed E-state index contributed by atoms with van der Waals surface area (Å²) in [6, 6.07) is -0.417. The summed E-state index contributed by atoms with van der Waals surface area (Å²) in [5, 5.41) is 20.4. The number of aliphatic hydroxyl groups excluding tert-OH is 1. The predicted molar refractivity (Wildman–Crippen MR) is 50.4 cm³/mol. The maximum Gasteiger partial charge on any atom is 0.294 e. The van der Waals surface area contributed by atoms with Crippen molar-refractivity contribution in [1.82, 2.24) is 5.32 Å². The fourth-order valence-corrected chi connectivity index (χ4v) is 2.04. The summed E-state index contributed by atoms with van der Waals surface area (Å²) in [6.07, 6.45) is -1.81. The minimum Gasteiger partial charge on any atom is -0.387 e. The lowest BCUT2D eigenvalue weighted by Crippen LogP contribution is -2.45. The van der Waals surface area contributed by atoms with E-state index >= 15 is 0 Å². The van der Waals surface area contributed by atoms with Gasteiger partial charge in [0.25, 0.3) is 5.09 Å². The van der Waals surface area contributed by atoms with Crippen molar-refractivity contribution >= 4 is 5.91 Å². The van der Waals surface area contributed by atoms with Crippen LogP contribution < -0.4 is 5.32 Å². The fraction of sp³-hybridized carbons (Fsp3) is 0.875. The molecule has 9 heteroatoms. The monoisotopic (exact) mass is 248 g/mol. The minimum atomic E-state index is -0.889. The highest BCUT2D eigenvalue weighted by molar-refractivity contribution is 5.77. The number of hydrogen-bond donors (Lipinski definition) is 2. The third kappa shape index (κ3) is 2.46. The van der Waals surface area contributed by atoms with Gasteiger partial charge in [-0.15, -0.1) is 10.1 Å². The Morgan fingerprint density at radius 1 is 1.47 bits per heavy atom. The number of rotatable bonds is 4. The Kier molecular flexibility index (Phi) is 3.41. The zero-order chi connectivity index (χ0) is 12.4. The average molecular weight is 248 g/mol. The number of carbonyl (C=O) groups excluding carboxylic acids is 1. The molecule has 0 aliphatic carbocycles. The molecule has 0 radical (unpaired) electrons. The van der Waals surface area contributed by atoms with Crippen molar-refractivity contribution in [2.45, 2.75) is 24.4 Å². The summed E-state index contributed by atoms with van der Waals surface area (Å²) < 4.78 is 10.6. The fourth-order valence-electron chi connectivity index (χ4n) is 2.04. The molecule has 2 N–H and O–H groups in total. The van der Waals surface area contributed by atoms with Crippen LogP contribution in [0.15, 0.2) is 0 Å². The molecule has 0 saturated carbocycles. The van der Waals surface area contributed by atoms with E-state index in [1.807, 2.05) is 0 Å². The van der Waals surface area contributed by atoms with E-state index in [0.29, 0.717) is 0 Å². The highest BCUT2D eigenvalue weighted by atomic mass is 17.0. The van der Waals surface area contributed by atoms with E-state index < -0.39 is 42.0 Å². The summed E-state index contributed by atoms with van der Waals surface area (Å²) in [7, 11) is 0. The van der Waals surface area contributed by atoms with Crippen LogP contribution in [-0.2, 0) is 19.1 Å². The standard InChI is InChI=1S/C8H12N2O7/c11-1-6(12)9-4-2-15-8-5(17-10(13)14)3-16-7(4)8/h4-5,7-8,11H,1-3H2,(H,9,12)/t4-,5+,7+,8+/m0/s1. The molecule has 0 aromatic heterocycles. The van der Waals surface area contributed by atoms with Gasteiger partial charge in [0.15, 0.2) is 6.10 Å². The molecule has 9 nitrogen and oxygen atoms in total. The Morgan fingerprint density at radius 3 is 2.82 bits per heavy atom. The maximum absolute atomic E-state index is 11.0. The maximum atomic E-state index is 11.0. The number of nitrogens with zero attached hydrogens (tertiary/aromatic N) is 1. The first-order valence-electron chi connectivity index (χ1n) is 5.06. The lowest BCUT2D eigenvalue weighted by molar-refractivity contribution is -0.769. The van der Waals surface area contributed by atoms with Crippen molar-refractivity contribution in [2.75, 3.05) is 19.8 Å². The second kappa shape index (κ2) is 4.82. The van der Waals surface area contributed by atoms with Gasteiger partial charge in [-0.05, 0) is 0 Å². The Hall–Kier alpha value is -1.45. The largest absolute Gasteiger partial charge is 0.387 e. The molecular weight excluding hydrogens is 236 g/mol. The SMILES string of the molecule is O=C(CO)N[C@H]1CO[C@H]2[C@@H]1OC[C@H]2O[N+](=O)[O-]. The summed E-state index contributed by atoms with van der Waals surface area (Å²) in [5.74, 6) is -0.540. The molecule has 4 atom stereocenters. The van der Waals surface area contributed by atoms with Crippen molar-refractivity contribution in [3.05, 3.63) is 10.1 Å². The van der Waals surface area contributed by atoms with Crippen LogP contribution in [0.25, 0.3) is 0 Å². The second-order valence-electron chi connectivity index (χ2n) is 3.80. The number of ether oxygens (including phenoxy) is 2. The molecule has 0 unspecified atom stereocenters. The number of aliphatic hydroxyl groups is 1. The molecule has 96 valence electrons. The predicted octanol–water partition coefficient (Wildman–Crippen LogP) is -2.16. The molecule has 0 aromatic carbocycles. The first kappa shape index (κ1) is 12.0. The van der Waals surface area contributed by atoms with E-state index in [1.165, 1.54) is 0 Å². The lowest BCUT2D eigenvalue weighted by atomic mass is 10.1. The molecular formula is C8H12N2O7. The molecule has 0 aromatic rings. The number of hydrogen-bond acceptors (Lipinski definition) is 7. The van der Waals surface area contributed by atoms with Gasteiger partial charge >= 0.3 is 0 Å². The van der Waals surface area contributed by atoms with Gasteiger partial charge in [0.2, 0.25) is 5.91 Å². The van der Waals surface area contributed by atoms with Crippen LogP contribution in [-0.4, -0.2) is 60.3 Å². The quantitative estimate of drug-likeness (QED) is 0.429. The number of amides is 1. The van der Waals surface area contributed by atoms with Crippen LogP contribution >= 0.6 is 0 Å². The van der Waals surface area contributed by atoms with Gasteiger partial charge < -0.3 is 24.7 Å². The third-order valence-electron chi connectivity index (χ3n) is 2.72. The van der Waals surface area contributed by atoms with E-state index in [-0.39, 0.29) is 13.2 Å². The van der Waals surface area contributed by atoms with E-state index in [1.54, 1.807) is 0 Å². The Balaban J connectivity index is 1.92. The van der Waals surface area contributed by atoms with Gasteiger partial charge in [0, 0.05) is 0 Å². The lowest BCUT2D eigenvalue weighted by Gasteiger charge is -2.16. The molecule has 1 amide bonds. The minimum absolute atomic E-state index is 0.0435. The number of nitrogens with one attached hydrogen (secondary N) is 1. The molecule has 2 aliphatic rings.